The van der Waals surface area contributed by atoms with E-state index in [1.54, 1.807) is 14.0 Å². The fourth-order valence-electron chi connectivity index (χ4n) is 0.941. The van der Waals surface area contributed by atoms with Crippen molar-refractivity contribution in [2.75, 3.05) is 6.61 Å². The Bertz CT molecular complexity index is 392. The third kappa shape index (κ3) is 3.02. The number of Topliss-reactive ketones (excluding diaryl/α,β-unsaturated/α-hetero) is 1. The molecule has 0 aliphatic carbocycles. The van der Waals surface area contributed by atoms with Gasteiger partial charge in [0.25, 0.3) is 0 Å². The Morgan fingerprint density at radius 3 is 2.69 bits per heavy atom. The Hall–Kier alpha value is -1.44. The first-order chi connectivity index (χ1) is 7.56. The number of nitrogens with zero attached hydrogens (tertiary/aromatic N) is 4. The van der Waals surface area contributed by atoms with Gasteiger partial charge >= 0.3 is 5.97 Å². The van der Waals surface area contributed by atoms with Crippen LogP contribution in [0.5, 0.6) is 0 Å². The summed E-state index contributed by atoms with van der Waals surface area (Å²) in [6, 6.07) is 0. The second-order valence-corrected chi connectivity index (χ2v) is 4.02. The van der Waals surface area contributed by atoms with Crippen molar-refractivity contribution in [1.82, 2.24) is 20.2 Å². The maximum atomic E-state index is 11.5. The summed E-state index contributed by atoms with van der Waals surface area (Å²) in [5, 5.41) is 10.2. The summed E-state index contributed by atoms with van der Waals surface area (Å²) < 4.78 is 6.18. The van der Waals surface area contributed by atoms with Gasteiger partial charge in [-0.3, -0.25) is 9.59 Å². The zero-order chi connectivity index (χ0) is 12.1. The minimum atomic E-state index is -0.912. The predicted molar refractivity (Wildman–Crippen MR) is 55.8 cm³/mol. The third-order valence-corrected chi connectivity index (χ3v) is 2.99. The first-order valence-corrected chi connectivity index (χ1v) is 5.50. The molecule has 1 unspecified atom stereocenters. The van der Waals surface area contributed by atoms with Crippen LogP contribution in [0.4, 0.5) is 0 Å². The summed E-state index contributed by atoms with van der Waals surface area (Å²) in [4.78, 5) is 22.8. The number of hydrogen-bond acceptors (Lipinski definition) is 7. The van der Waals surface area contributed by atoms with Crippen LogP contribution < -0.4 is 0 Å². The fourth-order valence-corrected chi connectivity index (χ4v) is 1.76. The molecule has 1 heterocycles. The minimum absolute atomic E-state index is 0.236. The van der Waals surface area contributed by atoms with Crippen molar-refractivity contribution in [1.29, 1.82) is 0 Å². The van der Waals surface area contributed by atoms with E-state index in [1.165, 1.54) is 11.6 Å². The molecule has 0 amide bonds. The van der Waals surface area contributed by atoms with E-state index in [-0.39, 0.29) is 12.4 Å². The van der Waals surface area contributed by atoms with Crippen LogP contribution in [0.2, 0.25) is 0 Å². The van der Waals surface area contributed by atoms with Gasteiger partial charge in [-0.05, 0) is 24.3 Å². The molecule has 88 valence electrons. The number of ketones is 1. The molecule has 8 heteroatoms. The number of aromatic nitrogens is 4. The minimum Gasteiger partial charge on any atom is -0.465 e. The van der Waals surface area contributed by atoms with Gasteiger partial charge in [0.15, 0.2) is 11.0 Å². The summed E-state index contributed by atoms with van der Waals surface area (Å²) >= 11 is 0.981. The van der Waals surface area contributed by atoms with Gasteiger partial charge in [-0.2, -0.15) is 0 Å². The van der Waals surface area contributed by atoms with Crippen molar-refractivity contribution in [3.63, 3.8) is 0 Å². The summed E-state index contributed by atoms with van der Waals surface area (Å²) in [5.41, 5.74) is 0. The van der Waals surface area contributed by atoms with Crippen molar-refractivity contribution in [3.05, 3.63) is 0 Å². The van der Waals surface area contributed by atoms with Crippen LogP contribution in [0.25, 0.3) is 0 Å². The first-order valence-electron chi connectivity index (χ1n) is 4.62. The van der Waals surface area contributed by atoms with Gasteiger partial charge in [0, 0.05) is 7.05 Å². The van der Waals surface area contributed by atoms with Crippen LogP contribution in [0.3, 0.4) is 0 Å². The summed E-state index contributed by atoms with van der Waals surface area (Å²) in [6.45, 7) is 3.25. The van der Waals surface area contributed by atoms with Crippen LogP contribution in [0.15, 0.2) is 5.16 Å². The largest absolute Gasteiger partial charge is 0.465 e. The highest BCUT2D eigenvalue weighted by atomic mass is 32.2. The number of hydrogen-bond donors (Lipinski definition) is 0. The lowest BCUT2D eigenvalue weighted by molar-refractivity contribution is -0.144. The molecule has 1 aromatic rings. The molecule has 0 aliphatic rings. The van der Waals surface area contributed by atoms with E-state index >= 15 is 0 Å². The van der Waals surface area contributed by atoms with Gasteiger partial charge in [-0.1, -0.05) is 11.8 Å². The normalized spacial score (nSPS) is 12.2. The van der Waals surface area contributed by atoms with E-state index < -0.39 is 11.2 Å². The highest BCUT2D eigenvalue weighted by molar-refractivity contribution is 8.01. The lowest BCUT2D eigenvalue weighted by Crippen LogP contribution is -2.27. The van der Waals surface area contributed by atoms with Gasteiger partial charge in [-0.15, -0.1) is 5.10 Å². The van der Waals surface area contributed by atoms with Crippen molar-refractivity contribution in [3.8, 4) is 0 Å². The van der Waals surface area contributed by atoms with E-state index in [2.05, 4.69) is 15.5 Å². The summed E-state index contributed by atoms with van der Waals surface area (Å²) in [5.74, 6) is -0.852. The van der Waals surface area contributed by atoms with Crippen molar-refractivity contribution in [2.45, 2.75) is 24.3 Å². The van der Waals surface area contributed by atoms with Crippen molar-refractivity contribution < 1.29 is 14.3 Å². The summed E-state index contributed by atoms with van der Waals surface area (Å²) in [7, 11) is 1.63. The average Bonchev–Trinajstić information content (AvgIpc) is 2.60. The maximum absolute atomic E-state index is 11.5. The van der Waals surface area contributed by atoms with Crippen LogP contribution in [0.1, 0.15) is 13.8 Å². The first kappa shape index (κ1) is 12.6. The molecule has 1 aromatic heterocycles. The molecule has 1 rings (SSSR count). The number of tetrazole rings is 1. The number of thioether (sulfide) groups is 1. The number of carbonyl (C=O) groups is 2. The molecule has 0 aromatic carbocycles. The molecule has 0 fully saturated rings. The molecule has 0 spiro atoms. The molecule has 0 radical (unpaired) electrons. The quantitative estimate of drug-likeness (QED) is 0.403. The van der Waals surface area contributed by atoms with Gasteiger partial charge in [-0.25, -0.2) is 4.68 Å². The van der Waals surface area contributed by atoms with Crippen LogP contribution >= 0.6 is 11.8 Å². The van der Waals surface area contributed by atoms with Gasteiger partial charge in [0.05, 0.1) is 6.61 Å². The molecule has 0 saturated carbocycles. The SMILES string of the molecule is CCOC(=O)C(Sc1nnnn1C)C(C)=O. The van der Waals surface area contributed by atoms with Crippen LogP contribution in [0, 0.1) is 0 Å². The molecule has 1 atom stereocenters. The zero-order valence-electron chi connectivity index (χ0n) is 9.21. The number of ether oxygens (including phenoxy) is 1. The Kier molecular flexibility index (Phi) is 4.41. The van der Waals surface area contributed by atoms with E-state index in [9.17, 15) is 9.59 Å². The second-order valence-electron chi connectivity index (χ2n) is 2.95. The smallest absolute Gasteiger partial charge is 0.327 e. The fraction of sp³-hybridized carbons (Fsp3) is 0.625. The monoisotopic (exact) mass is 244 g/mol. The average molecular weight is 244 g/mol. The lowest BCUT2D eigenvalue weighted by Gasteiger charge is -2.10. The number of esters is 1. The van der Waals surface area contributed by atoms with Gasteiger partial charge in [0.2, 0.25) is 5.16 Å². The molecule has 0 bridgehead atoms. The number of aryl methyl sites for hydroxylation is 1. The van der Waals surface area contributed by atoms with Crippen molar-refractivity contribution in [2.24, 2.45) is 7.05 Å². The number of carbonyl (C=O) groups excluding carboxylic acids is 2. The molecule has 0 N–H and O–H groups in total. The number of rotatable bonds is 5. The molecule has 0 aliphatic heterocycles. The standard InChI is InChI=1S/C8H12N4O3S/c1-4-15-7(14)6(5(2)13)16-8-9-10-11-12(8)3/h6H,4H2,1-3H3. The van der Waals surface area contributed by atoms with Gasteiger partial charge in [0.1, 0.15) is 0 Å². The molecular formula is C8H12N4O3S. The maximum Gasteiger partial charge on any atom is 0.327 e. The van der Waals surface area contributed by atoms with E-state index in [0.29, 0.717) is 5.16 Å². The Labute approximate surface area is 96.5 Å². The topological polar surface area (TPSA) is 87.0 Å². The Morgan fingerprint density at radius 2 is 2.25 bits per heavy atom. The zero-order valence-corrected chi connectivity index (χ0v) is 10.0. The van der Waals surface area contributed by atoms with Crippen molar-refractivity contribution >= 4 is 23.5 Å². The Balaban J connectivity index is 2.76. The molecule has 0 saturated heterocycles. The van der Waals surface area contributed by atoms with E-state index in [0.717, 1.165) is 11.8 Å². The Morgan fingerprint density at radius 1 is 1.56 bits per heavy atom. The van der Waals surface area contributed by atoms with E-state index in [4.69, 9.17) is 4.74 Å². The lowest BCUT2D eigenvalue weighted by atomic mass is 10.3. The van der Waals surface area contributed by atoms with Crippen LogP contribution in [-0.2, 0) is 21.4 Å². The van der Waals surface area contributed by atoms with E-state index in [1.807, 2.05) is 0 Å². The predicted octanol–water partition coefficient (Wildman–Crippen LogP) is -0.177. The third-order valence-electron chi connectivity index (χ3n) is 1.67. The molecule has 7 nitrogen and oxygen atoms in total. The highest BCUT2D eigenvalue weighted by Gasteiger charge is 2.28. The van der Waals surface area contributed by atoms with Gasteiger partial charge < -0.3 is 4.74 Å². The molecular weight excluding hydrogens is 232 g/mol. The highest BCUT2D eigenvalue weighted by Crippen LogP contribution is 2.21. The second kappa shape index (κ2) is 5.59. The van der Waals surface area contributed by atoms with Crippen LogP contribution in [-0.4, -0.2) is 43.8 Å². The molecule has 16 heavy (non-hydrogen) atoms. The summed E-state index contributed by atoms with van der Waals surface area (Å²) in [6.07, 6.45) is 0.